The number of benzene rings is 2. The third-order valence-corrected chi connectivity index (χ3v) is 6.39. The molecule has 3 heterocycles. The van der Waals surface area contributed by atoms with Gasteiger partial charge in [-0.3, -0.25) is 4.68 Å². The Kier molecular flexibility index (Phi) is 4.12. The van der Waals surface area contributed by atoms with Crippen molar-refractivity contribution in [1.29, 1.82) is 0 Å². The second kappa shape index (κ2) is 6.41. The molecule has 2 aromatic heterocycles. The minimum Gasteiger partial charge on any atom is -0.399 e. The molecule has 1 saturated heterocycles. The lowest BCUT2D eigenvalue weighted by Gasteiger charge is -2.32. The first kappa shape index (κ1) is 19.3. The molecule has 4 aromatic rings. The normalized spacial score (nSPS) is 18.0. The number of fused-ring (bicyclic) bond motifs is 2. The van der Waals surface area contributed by atoms with Gasteiger partial charge in [-0.25, -0.2) is 4.98 Å². The molecule has 2 aromatic carbocycles. The fraction of sp³-hybridized carbons (Fsp3) is 0.364. The van der Waals surface area contributed by atoms with Crippen molar-refractivity contribution in [2.75, 3.05) is 0 Å². The Morgan fingerprint density at radius 3 is 2.53 bits per heavy atom. The van der Waals surface area contributed by atoms with E-state index < -0.39 is 18.3 Å². The van der Waals surface area contributed by atoms with Crippen LogP contribution in [0.2, 0.25) is 0 Å². The standard InChI is InChI=1S/C22H25BN4O3/c1-21(2)22(3,4)30-23(29-21)14-9-10-17-15(11-14)19(26-27(17)5)20-24-16-8-6-7-13(12-28)18(16)25-20/h6-11,28H,12H2,1-5H3,(H,24,25). The zero-order valence-corrected chi connectivity index (χ0v) is 17.9. The third kappa shape index (κ3) is 2.79. The Morgan fingerprint density at radius 1 is 1.10 bits per heavy atom. The number of aliphatic hydroxyl groups excluding tert-OH is 1. The fourth-order valence-corrected chi connectivity index (χ4v) is 3.92. The number of nitrogens with zero attached hydrogens (tertiary/aromatic N) is 3. The number of para-hydroxylation sites is 1. The fourth-order valence-electron chi connectivity index (χ4n) is 3.92. The Labute approximate surface area is 175 Å². The van der Waals surface area contributed by atoms with Gasteiger partial charge in [-0.05, 0) is 45.3 Å². The molecular weight excluding hydrogens is 379 g/mol. The summed E-state index contributed by atoms with van der Waals surface area (Å²) in [5.41, 5.74) is 4.32. The Hall–Kier alpha value is -2.68. The number of rotatable bonds is 3. The molecule has 0 atom stereocenters. The molecule has 154 valence electrons. The molecule has 30 heavy (non-hydrogen) atoms. The first-order chi connectivity index (χ1) is 14.2. The third-order valence-electron chi connectivity index (χ3n) is 6.39. The number of hydrogen-bond donors (Lipinski definition) is 2. The summed E-state index contributed by atoms with van der Waals surface area (Å²) >= 11 is 0. The van der Waals surface area contributed by atoms with E-state index in [1.165, 1.54) is 0 Å². The van der Waals surface area contributed by atoms with Gasteiger partial charge in [0, 0.05) is 18.0 Å². The van der Waals surface area contributed by atoms with Gasteiger partial charge in [0.15, 0.2) is 5.82 Å². The van der Waals surface area contributed by atoms with Gasteiger partial charge in [-0.2, -0.15) is 5.10 Å². The smallest absolute Gasteiger partial charge is 0.399 e. The molecule has 7 nitrogen and oxygen atoms in total. The highest BCUT2D eigenvalue weighted by Gasteiger charge is 2.51. The molecule has 1 aliphatic rings. The highest BCUT2D eigenvalue weighted by Crippen LogP contribution is 2.37. The maximum Gasteiger partial charge on any atom is 0.494 e. The van der Waals surface area contributed by atoms with Crippen molar-refractivity contribution in [3.05, 3.63) is 42.0 Å². The van der Waals surface area contributed by atoms with E-state index >= 15 is 0 Å². The Morgan fingerprint density at radius 2 is 1.83 bits per heavy atom. The summed E-state index contributed by atoms with van der Waals surface area (Å²) < 4.78 is 14.3. The second-order valence-electron chi connectivity index (χ2n) is 8.89. The number of aromatic amines is 1. The van der Waals surface area contributed by atoms with Gasteiger partial charge >= 0.3 is 7.12 Å². The summed E-state index contributed by atoms with van der Waals surface area (Å²) in [6, 6.07) is 11.9. The second-order valence-corrected chi connectivity index (χ2v) is 8.89. The summed E-state index contributed by atoms with van der Waals surface area (Å²) in [5.74, 6) is 0.669. The first-order valence-electron chi connectivity index (χ1n) is 10.1. The zero-order valence-electron chi connectivity index (χ0n) is 17.9. The molecule has 0 aliphatic carbocycles. The molecule has 8 heteroatoms. The van der Waals surface area contributed by atoms with Crippen LogP contribution < -0.4 is 5.46 Å². The van der Waals surface area contributed by atoms with E-state index in [2.05, 4.69) is 11.1 Å². The molecule has 0 bridgehead atoms. The molecule has 0 saturated carbocycles. The molecule has 5 rings (SSSR count). The highest BCUT2D eigenvalue weighted by molar-refractivity contribution is 6.62. The number of nitrogens with one attached hydrogen (secondary N) is 1. The maximum atomic E-state index is 9.63. The Bertz CT molecular complexity index is 1260. The topological polar surface area (TPSA) is 85.2 Å². The largest absolute Gasteiger partial charge is 0.494 e. The van der Waals surface area contributed by atoms with Crippen LogP contribution in [0.3, 0.4) is 0 Å². The zero-order chi connectivity index (χ0) is 21.3. The van der Waals surface area contributed by atoms with E-state index in [1.807, 2.05) is 69.8 Å². The maximum absolute atomic E-state index is 9.63. The monoisotopic (exact) mass is 404 g/mol. The first-order valence-corrected chi connectivity index (χ1v) is 10.1. The van der Waals surface area contributed by atoms with E-state index in [0.717, 1.165) is 38.7 Å². The average molecular weight is 404 g/mol. The van der Waals surface area contributed by atoms with Crippen LogP contribution in [0.5, 0.6) is 0 Å². The van der Waals surface area contributed by atoms with Crippen LogP contribution in [0.1, 0.15) is 33.3 Å². The molecule has 0 radical (unpaired) electrons. The van der Waals surface area contributed by atoms with Crippen molar-refractivity contribution in [3.8, 4) is 11.5 Å². The minimum atomic E-state index is -0.441. The number of aromatic nitrogens is 4. The van der Waals surface area contributed by atoms with Gasteiger partial charge in [-0.15, -0.1) is 0 Å². The summed E-state index contributed by atoms with van der Waals surface area (Å²) in [5, 5.41) is 15.3. The van der Waals surface area contributed by atoms with Gasteiger partial charge in [0.25, 0.3) is 0 Å². The SMILES string of the molecule is Cn1nc(-c2nc3c(CO)cccc3[nH]2)c2cc(B3OC(C)(C)C(C)(C)O3)ccc21. The number of aliphatic hydroxyl groups is 1. The van der Waals surface area contributed by atoms with E-state index in [-0.39, 0.29) is 6.61 Å². The summed E-state index contributed by atoms with van der Waals surface area (Å²) in [6.07, 6.45) is 0. The predicted molar refractivity (Wildman–Crippen MR) is 117 cm³/mol. The molecule has 0 unspecified atom stereocenters. The lowest BCUT2D eigenvalue weighted by atomic mass is 9.78. The average Bonchev–Trinajstić information content (AvgIpc) is 3.33. The highest BCUT2D eigenvalue weighted by atomic mass is 16.7. The van der Waals surface area contributed by atoms with Crippen LogP contribution in [0.4, 0.5) is 0 Å². The van der Waals surface area contributed by atoms with Crippen molar-refractivity contribution < 1.29 is 14.4 Å². The van der Waals surface area contributed by atoms with Crippen LogP contribution in [0.15, 0.2) is 36.4 Å². The number of H-pyrrole nitrogens is 1. The van der Waals surface area contributed by atoms with Crippen LogP contribution in [0, 0.1) is 0 Å². The lowest BCUT2D eigenvalue weighted by Crippen LogP contribution is -2.41. The number of imidazole rings is 1. The van der Waals surface area contributed by atoms with Crippen LogP contribution in [-0.4, -0.2) is 43.2 Å². The van der Waals surface area contributed by atoms with Crippen molar-refractivity contribution in [2.45, 2.75) is 45.5 Å². The molecule has 0 spiro atoms. The van der Waals surface area contributed by atoms with E-state index in [9.17, 15) is 5.11 Å². The van der Waals surface area contributed by atoms with E-state index in [4.69, 9.17) is 19.4 Å². The van der Waals surface area contributed by atoms with Gasteiger partial charge in [0.1, 0.15) is 5.69 Å². The summed E-state index contributed by atoms with van der Waals surface area (Å²) in [4.78, 5) is 8.08. The van der Waals surface area contributed by atoms with Crippen LogP contribution in [0.25, 0.3) is 33.5 Å². The van der Waals surface area contributed by atoms with Crippen molar-refractivity contribution in [1.82, 2.24) is 19.7 Å². The summed E-state index contributed by atoms with van der Waals surface area (Å²) in [6.45, 7) is 8.14. The van der Waals surface area contributed by atoms with Gasteiger partial charge in [0.2, 0.25) is 0 Å². The van der Waals surface area contributed by atoms with Gasteiger partial charge < -0.3 is 19.4 Å². The molecule has 2 N–H and O–H groups in total. The summed E-state index contributed by atoms with van der Waals surface area (Å²) in [7, 11) is 1.48. The predicted octanol–water partition coefficient (Wildman–Crippen LogP) is 2.91. The number of hydrogen-bond acceptors (Lipinski definition) is 5. The quantitative estimate of drug-likeness (QED) is 0.513. The van der Waals surface area contributed by atoms with Crippen LogP contribution >= 0.6 is 0 Å². The molecular formula is C22H25BN4O3. The van der Waals surface area contributed by atoms with Crippen molar-refractivity contribution >= 4 is 34.5 Å². The Balaban J connectivity index is 1.63. The van der Waals surface area contributed by atoms with E-state index in [1.54, 1.807) is 0 Å². The van der Waals surface area contributed by atoms with Crippen molar-refractivity contribution in [3.63, 3.8) is 0 Å². The minimum absolute atomic E-state index is 0.0589. The number of aryl methyl sites for hydroxylation is 1. The van der Waals surface area contributed by atoms with Crippen LogP contribution in [-0.2, 0) is 23.0 Å². The van der Waals surface area contributed by atoms with Gasteiger partial charge in [0.05, 0.1) is 34.4 Å². The van der Waals surface area contributed by atoms with Gasteiger partial charge in [-0.1, -0.05) is 24.3 Å². The molecule has 1 aliphatic heterocycles. The van der Waals surface area contributed by atoms with E-state index in [0.29, 0.717) is 5.82 Å². The van der Waals surface area contributed by atoms with Crippen molar-refractivity contribution in [2.24, 2.45) is 7.05 Å². The molecule has 0 amide bonds. The molecule has 1 fully saturated rings. The lowest BCUT2D eigenvalue weighted by molar-refractivity contribution is 0.00578.